The molecule has 0 spiro atoms. The first-order valence-electron chi connectivity index (χ1n) is 8.42. The van der Waals surface area contributed by atoms with Crippen LogP contribution in [0.1, 0.15) is 11.6 Å². The number of hydrogen-bond acceptors (Lipinski definition) is 5. The lowest BCUT2D eigenvalue weighted by molar-refractivity contribution is -0.136. The Morgan fingerprint density at radius 3 is 2.59 bits per heavy atom. The first kappa shape index (κ1) is 19.4. The van der Waals surface area contributed by atoms with Gasteiger partial charge in [0, 0.05) is 48.5 Å². The normalized spacial score (nSPS) is 15.9. The highest BCUT2D eigenvalue weighted by Crippen LogP contribution is 2.24. The van der Waals surface area contributed by atoms with Crippen molar-refractivity contribution >= 4 is 29.3 Å². The molecule has 1 aromatic heterocycles. The van der Waals surface area contributed by atoms with E-state index in [-0.39, 0.29) is 18.3 Å². The third kappa shape index (κ3) is 5.08. The first-order valence-corrected chi connectivity index (χ1v) is 9.58. The van der Waals surface area contributed by atoms with Crippen LogP contribution in [0.25, 0.3) is 0 Å². The average Bonchev–Trinajstić information content (AvgIpc) is 3.20. The van der Waals surface area contributed by atoms with E-state index in [4.69, 9.17) is 4.42 Å². The molecular weight excluding hydrogens is 376 g/mol. The Morgan fingerprint density at radius 2 is 1.93 bits per heavy atom. The Morgan fingerprint density at radius 1 is 1.15 bits per heavy atom. The molecule has 2 heterocycles. The van der Waals surface area contributed by atoms with Crippen molar-refractivity contribution < 1.29 is 22.8 Å². The van der Waals surface area contributed by atoms with Gasteiger partial charge >= 0.3 is 11.8 Å². The molecule has 2 aromatic rings. The van der Waals surface area contributed by atoms with Gasteiger partial charge in [0.2, 0.25) is 0 Å². The molecule has 144 valence electrons. The number of carbonyl (C=O) groups excluding carboxylic acids is 2. The Hall–Kier alpha value is -2.39. The number of furan rings is 1. The van der Waals surface area contributed by atoms with Crippen molar-refractivity contribution in [2.75, 3.05) is 36.5 Å². The van der Waals surface area contributed by atoms with Gasteiger partial charge in [0.15, 0.2) is 11.6 Å². The van der Waals surface area contributed by atoms with Crippen LogP contribution in [0.2, 0.25) is 0 Å². The van der Waals surface area contributed by atoms with Gasteiger partial charge in [-0.1, -0.05) is 0 Å². The number of benzene rings is 1. The smallest absolute Gasteiger partial charge is 0.313 e. The van der Waals surface area contributed by atoms with E-state index in [1.165, 1.54) is 6.07 Å². The van der Waals surface area contributed by atoms with Gasteiger partial charge in [-0.2, -0.15) is 11.8 Å². The maximum atomic E-state index is 13.2. The highest BCUT2D eigenvalue weighted by Gasteiger charge is 2.25. The zero-order chi connectivity index (χ0) is 19.2. The van der Waals surface area contributed by atoms with Crippen LogP contribution in [-0.4, -0.2) is 47.9 Å². The zero-order valence-electron chi connectivity index (χ0n) is 14.4. The number of amides is 2. The summed E-state index contributed by atoms with van der Waals surface area (Å²) in [6.07, 6.45) is 3.19. The van der Waals surface area contributed by atoms with Crippen molar-refractivity contribution in [2.24, 2.45) is 0 Å². The van der Waals surface area contributed by atoms with Gasteiger partial charge in [0.25, 0.3) is 0 Å². The van der Waals surface area contributed by atoms with Gasteiger partial charge in [-0.25, -0.2) is 8.78 Å². The van der Waals surface area contributed by atoms with Crippen molar-refractivity contribution in [2.45, 2.75) is 6.04 Å². The van der Waals surface area contributed by atoms with Gasteiger partial charge < -0.3 is 15.1 Å². The summed E-state index contributed by atoms with van der Waals surface area (Å²) in [4.78, 5) is 26.4. The van der Waals surface area contributed by atoms with Crippen LogP contribution in [0.5, 0.6) is 0 Å². The highest BCUT2D eigenvalue weighted by atomic mass is 32.2. The number of nitrogens with one attached hydrogen (secondary N) is 2. The first-order chi connectivity index (χ1) is 13.0. The van der Waals surface area contributed by atoms with Crippen molar-refractivity contribution in [1.82, 2.24) is 10.2 Å². The third-order valence-corrected chi connectivity index (χ3v) is 5.20. The predicted molar refractivity (Wildman–Crippen MR) is 98.3 cm³/mol. The van der Waals surface area contributed by atoms with E-state index in [1.54, 1.807) is 12.5 Å². The van der Waals surface area contributed by atoms with Crippen LogP contribution >= 0.6 is 11.8 Å². The minimum Gasteiger partial charge on any atom is -0.472 e. The molecule has 2 amide bonds. The number of carbonyl (C=O) groups is 2. The molecule has 0 unspecified atom stereocenters. The Labute approximate surface area is 159 Å². The van der Waals surface area contributed by atoms with Gasteiger partial charge in [-0.3, -0.25) is 14.5 Å². The quantitative estimate of drug-likeness (QED) is 0.761. The van der Waals surface area contributed by atoms with E-state index in [2.05, 4.69) is 15.5 Å². The van der Waals surface area contributed by atoms with Crippen LogP contribution < -0.4 is 10.6 Å². The maximum absolute atomic E-state index is 13.2. The van der Waals surface area contributed by atoms with Gasteiger partial charge in [-0.15, -0.1) is 0 Å². The highest BCUT2D eigenvalue weighted by molar-refractivity contribution is 7.99. The SMILES string of the molecule is O=C(NC[C@@H](c1ccoc1)N1CCSCC1)C(=O)Nc1ccc(F)c(F)c1. The molecule has 1 fully saturated rings. The second-order valence-electron chi connectivity index (χ2n) is 6.01. The molecule has 0 bridgehead atoms. The lowest BCUT2D eigenvalue weighted by atomic mass is 10.1. The van der Waals surface area contributed by atoms with Crippen molar-refractivity contribution in [3.63, 3.8) is 0 Å². The Kier molecular flexibility index (Phi) is 6.46. The Bertz CT molecular complexity index is 795. The van der Waals surface area contributed by atoms with E-state index < -0.39 is 23.4 Å². The standard InChI is InChI=1S/C18H19F2N3O3S/c19-14-2-1-13(9-15(14)20)22-18(25)17(24)21-10-16(12-3-6-26-11-12)23-4-7-27-8-5-23/h1-3,6,9,11,16H,4-5,7-8,10H2,(H,21,24)(H,22,25)/t16-/m0/s1. The summed E-state index contributed by atoms with van der Waals surface area (Å²) < 4.78 is 31.3. The van der Waals surface area contributed by atoms with Crippen LogP contribution in [0.3, 0.4) is 0 Å². The van der Waals surface area contributed by atoms with Crippen LogP contribution in [0.15, 0.2) is 41.2 Å². The molecule has 0 saturated carbocycles. The molecule has 1 saturated heterocycles. The van der Waals surface area contributed by atoms with Crippen LogP contribution in [-0.2, 0) is 9.59 Å². The molecule has 1 aromatic carbocycles. The monoisotopic (exact) mass is 395 g/mol. The molecule has 3 rings (SSSR count). The third-order valence-electron chi connectivity index (χ3n) is 4.25. The van der Waals surface area contributed by atoms with Gasteiger partial charge in [-0.05, 0) is 18.2 Å². The molecule has 1 atom stereocenters. The summed E-state index contributed by atoms with van der Waals surface area (Å²) in [6.45, 7) is 1.98. The Balaban J connectivity index is 1.59. The van der Waals surface area contributed by atoms with E-state index in [1.807, 2.05) is 17.8 Å². The lowest BCUT2D eigenvalue weighted by Gasteiger charge is -2.33. The molecule has 6 nitrogen and oxygen atoms in total. The number of rotatable bonds is 5. The minimum absolute atomic E-state index is 0.00786. The molecule has 2 N–H and O–H groups in total. The summed E-state index contributed by atoms with van der Waals surface area (Å²) in [5.41, 5.74) is 0.928. The molecule has 0 radical (unpaired) electrons. The number of halogens is 2. The van der Waals surface area contributed by atoms with Crippen molar-refractivity contribution in [3.05, 3.63) is 54.0 Å². The summed E-state index contributed by atoms with van der Waals surface area (Å²) in [5, 5.41) is 4.86. The van der Waals surface area contributed by atoms with E-state index >= 15 is 0 Å². The van der Waals surface area contributed by atoms with Crippen LogP contribution in [0, 0.1) is 11.6 Å². The minimum atomic E-state index is -1.10. The number of anilines is 1. The number of thioether (sulfide) groups is 1. The molecule has 9 heteroatoms. The topological polar surface area (TPSA) is 74.6 Å². The largest absolute Gasteiger partial charge is 0.472 e. The van der Waals surface area contributed by atoms with Crippen LogP contribution in [0.4, 0.5) is 14.5 Å². The zero-order valence-corrected chi connectivity index (χ0v) is 15.2. The van der Waals surface area contributed by atoms with Crippen molar-refractivity contribution in [3.8, 4) is 0 Å². The number of nitrogens with zero attached hydrogens (tertiary/aromatic N) is 1. The maximum Gasteiger partial charge on any atom is 0.313 e. The second kappa shape index (κ2) is 9.01. The molecule has 0 aliphatic carbocycles. The molecule has 27 heavy (non-hydrogen) atoms. The summed E-state index contributed by atoms with van der Waals surface area (Å²) >= 11 is 1.87. The van der Waals surface area contributed by atoms with Gasteiger partial charge in [0.05, 0.1) is 18.6 Å². The molecule has 1 aliphatic rings. The van der Waals surface area contributed by atoms with Crippen molar-refractivity contribution in [1.29, 1.82) is 0 Å². The van der Waals surface area contributed by atoms with E-state index in [9.17, 15) is 18.4 Å². The lowest BCUT2D eigenvalue weighted by Crippen LogP contribution is -2.44. The fourth-order valence-electron chi connectivity index (χ4n) is 2.84. The van der Waals surface area contributed by atoms with E-state index in [0.29, 0.717) is 0 Å². The summed E-state index contributed by atoms with van der Waals surface area (Å²) in [6, 6.07) is 4.61. The fraction of sp³-hybridized carbons (Fsp3) is 0.333. The summed E-state index contributed by atoms with van der Waals surface area (Å²) in [5.74, 6) is -1.92. The van der Waals surface area contributed by atoms with E-state index in [0.717, 1.165) is 42.3 Å². The number of hydrogen-bond donors (Lipinski definition) is 2. The second-order valence-corrected chi connectivity index (χ2v) is 7.24. The molecule has 1 aliphatic heterocycles. The summed E-state index contributed by atoms with van der Waals surface area (Å²) in [7, 11) is 0. The molecular formula is C18H19F2N3O3S. The van der Waals surface area contributed by atoms with Gasteiger partial charge in [0.1, 0.15) is 0 Å². The predicted octanol–water partition coefficient (Wildman–Crippen LogP) is 2.40. The fourth-order valence-corrected chi connectivity index (χ4v) is 3.77. The average molecular weight is 395 g/mol.